The number of nitrogens with zero attached hydrogens (tertiary/aromatic N) is 2. The highest BCUT2D eigenvalue weighted by atomic mass is 16.7. The van der Waals surface area contributed by atoms with E-state index < -0.39 is 11.9 Å². The number of imidazole rings is 1. The summed E-state index contributed by atoms with van der Waals surface area (Å²) in [5.74, 6) is -0.729. The van der Waals surface area contributed by atoms with Crippen LogP contribution in [0, 0.1) is 0 Å². The fraction of sp³-hybridized carbons (Fsp3) is 0.625. The number of piperidine rings is 1. The van der Waals surface area contributed by atoms with E-state index in [2.05, 4.69) is 5.32 Å². The fourth-order valence-corrected chi connectivity index (χ4v) is 4.09. The summed E-state index contributed by atoms with van der Waals surface area (Å²) in [5.41, 5.74) is 2.27. The Morgan fingerprint density at radius 1 is 1.03 bits per heavy atom. The molecule has 1 unspecified atom stereocenters. The van der Waals surface area contributed by atoms with E-state index in [1.807, 2.05) is 32.0 Å². The van der Waals surface area contributed by atoms with Crippen LogP contribution in [0.5, 0.6) is 0 Å². The maximum Gasteiger partial charge on any atom is 0.329 e. The maximum atomic E-state index is 12.8. The van der Waals surface area contributed by atoms with Crippen LogP contribution in [-0.2, 0) is 42.0 Å². The van der Waals surface area contributed by atoms with Gasteiger partial charge in [0.25, 0.3) is 0 Å². The lowest BCUT2D eigenvalue weighted by Crippen LogP contribution is -2.44. The number of carbonyl (C=O) groups is 2. The van der Waals surface area contributed by atoms with Crippen molar-refractivity contribution in [2.45, 2.75) is 51.9 Å². The third-order valence-corrected chi connectivity index (χ3v) is 5.76. The number of benzene rings is 1. The highest BCUT2D eigenvalue weighted by Crippen LogP contribution is 2.24. The molecule has 1 saturated heterocycles. The zero-order chi connectivity index (χ0) is 24.5. The van der Waals surface area contributed by atoms with Crippen molar-refractivity contribution in [2.75, 3.05) is 39.6 Å². The highest BCUT2D eigenvalue weighted by Gasteiger charge is 2.31. The second-order valence-electron chi connectivity index (χ2n) is 8.13. The SMILES string of the molecule is CCOC(COCCOCCCc1ccc2c(c1)n(C)c(=O)n2C1CCC(=O)NC1=O)OCC. The van der Waals surface area contributed by atoms with E-state index in [-0.39, 0.29) is 24.3 Å². The first-order chi connectivity index (χ1) is 16.5. The average molecular weight is 478 g/mol. The second-order valence-corrected chi connectivity index (χ2v) is 8.13. The number of aryl methyl sites for hydroxylation is 2. The Kier molecular flexibility index (Phi) is 9.82. The first kappa shape index (κ1) is 26.1. The Labute approximate surface area is 199 Å². The second kappa shape index (κ2) is 12.8. The third-order valence-electron chi connectivity index (χ3n) is 5.76. The van der Waals surface area contributed by atoms with E-state index in [1.54, 1.807) is 11.6 Å². The number of amides is 2. The number of imide groups is 1. The van der Waals surface area contributed by atoms with Gasteiger partial charge in [-0.15, -0.1) is 0 Å². The van der Waals surface area contributed by atoms with Crippen LogP contribution < -0.4 is 11.0 Å². The van der Waals surface area contributed by atoms with Crippen LogP contribution in [-0.4, -0.2) is 66.9 Å². The van der Waals surface area contributed by atoms with Crippen molar-refractivity contribution in [3.63, 3.8) is 0 Å². The van der Waals surface area contributed by atoms with Gasteiger partial charge >= 0.3 is 5.69 Å². The standard InChI is InChI=1S/C24H35N3O7/c1-4-33-22(34-5-2)16-32-14-13-31-12-6-7-17-8-9-18-20(15-17)26(3)24(30)27(18)19-10-11-21(28)25-23(19)29/h8-9,15,19,22H,4-7,10-14,16H2,1-3H3,(H,25,28,29). The summed E-state index contributed by atoms with van der Waals surface area (Å²) < 4.78 is 25.1. The molecule has 0 aliphatic carbocycles. The summed E-state index contributed by atoms with van der Waals surface area (Å²) in [5, 5.41) is 2.33. The van der Waals surface area contributed by atoms with Gasteiger partial charge in [0.05, 0.1) is 30.9 Å². The first-order valence-corrected chi connectivity index (χ1v) is 11.9. The molecule has 2 heterocycles. The lowest BCUT2D eigenvalue weighted by atomic mass is 10.1. The van der Waals surface area contributed by atoms with Gasteiger partial charge in [-0.1, -0.05) is 6.07 Å². The van der Waals surface area contributed by atoms with Crippen molar-refractivity contribution < 1.29 is 28.5 Å². The van der Waals surface area contributed by atoms with E-state index in [0.29, 0.717) is 51.6 Å². The molecule has 1 aliphatic heterocycles. The van der Waals surface area contributed by atoms with Crippen LogP contribution >= 0.6 is 0 Å². The van der Waals surface area contributed by atoms with Crippen molar-refractivity contribution >= 4 is 22.8 Å². The van der Waals surface area contributed by atoms with Crippen LogP contribution in [0.25, 0.3) is 11.0 Å². The Balaban J connectivity index is 1.47. The summed E-state index contributed by atoms with van der Waals surface area (Å²) in [6, 6.07) is 5.14. The van der Waals surface area contributed by atoms with Crippen molar-refractivity contribution in [2.24, 2.45) is 7.05 Å². The Morgan fingerprint density at radius 2 is 1.76 bits per heavy atom. The summed E-state index contributed by atoms with van der Waals surface area (Å²) in [6.45, 7) is 6.92. The quantitative estimate of drug-likeness (QED) is 0.250. The largest absolute Gasteiger partial charge is 0.379 e. The Morgan fingerprint density at radius 3 is 2.47 bits per heavy atom. The summed E-state index contributed by atoms with van der Waals surface area (Å²) in [6.07, 6.45) is 1.83. The van der Waals surface area contributed by atoms with Crippen LogP contribution in [0.2, 0.25) is 0 Å². The zero-order valence-electron chi connectivity index (χ0n) is 20.2. The molecule has 3 rings (SSSR count). The molecule has 34 heavy (non-hydrogen) atoms. The van der Waals surface area contributed by atoms with Crippen molar-refractivity contribution in [1.82, 2.24) is 14.5 Å². The number of ether oxygens (including phenoxy) is 4. The van der Waals surface area contributed by atoms with E-state index in [9.17, 15) is 14.4 Å². The lowest BCUT2D eigenvalue weighted by molar-refractivity contribution is -0.169. The molecule has 2 amide bonds. The van der Waals surface area contributed by atoms with Gasteiger partial charge < -0.3 is 18.9 Å². The molecule has 0 bridgehead atoms. The van der Waals surface area contributed by atoms with E-state index >= 15 is 0 Å². The summed E-state index contributed by atoms with van der Waals surface area (Å²) >= 11 is 0. The molecule has 0 saturated carbocycles. The molecule has 10 nitrogen and oxygen atoms in total. The molecule has 10 heteroatoms. The third kappa shape index (κ3) is 6.53. The molecule has 0 spiro atoms. The molecule has 1 aromatic carbocycles. The maximum absolute atomic E-state index is 12.8. The van der Waals surface area contributed by atoms with Crippen LogP contribution in [0.15, 0.2) is 23.0 Å². The molecular formula is C24H35N3O7. The van der Waals surface area contributed by atoms with E-state index in [1.165, 1.54) is 4.57 Å². The van der Waals surface area contributed by atoms with E-state index in [0.717, 1.165) is 23.9 Å². The lowest BCUT2D eigenvalue weighted by Gasteiger charge is -2.21. The number of hydrogen-bond donors (Lipinski definition) is 1. The van der Waals surface area contributed by atoms with Gasteiger partial charge in [0.2, 0.25) is 11.8 Å². The van der Waals surface area contributed by atoms with Gasteiger partial charge in [-0.05, 0) is 50.8 Å². The number of rotatable bonds is 14. The van der Waals surface area contributed by atoms with Gasteiger partial charge in [0.15, 0.2) is 6.29 Å². The monoisotopic (exact) mass is 477 g/mol. The number of aromatic nitrogens is 2. The van der Waals surface area contributed by atoms with Gasteiger partial charge in [0, 0.05) is 33.3 Å². The first-order valence-electron chi connectivity index (χ1n) is 11.9. The minimum atomic E-state index is -0.673. The topological polar surface area (TPSA) is 110 Å². The average Bonchev–Trinajstić information content (AvgIpc) is 3.05. The molecule has 1 N–H and O–H groups in total. The predicted molar refractivity (Wildman–Crippen MR) is 126 cm³/mol. The molecule has 1 aromatic heterocycles. The summed E-state index contributed by atoms with van der Waals surface area (Å²) in [7, 11) is 1.70. The number of fused-ring (bicyclic) bond motifs is 1. The molecule has 2 aromatic rings. The molecule has 1 aliphatic rings. The van der Waals surface area contributed by atoms with Crippen LogP contribution in [0.4, 0.5) is 0 Å². The number of nitrogens with one attached hydrogen (secondary N) is 1. The molecule has 1 atom stereocenters. The Hall–Kier alpha value is -2.53. The van der Waals surface area contributed by atoms with Crippen molar-refractivity contribution in [3.8, 4) is 0 Å². The van der Waals surface area contributed by atoms with Crippen LogP contribution in [0.1, 0.15) is 44.7 Å². The van der Waals surface area contributed by atoms with Crippen LogP contribution in [0.3, 0.4) is 0 Å². The number of hydrogen-bond acceptors (Lipinski definition) is 7. The predicted octanol–water partition coefficient (Wildman–Crippen LogP) is 1.68. The van der Waals surface area contributed by atoms with E-state index in [4.69, 9.17) is 18.9 Å². The minimum Gasteiger partial charge on any atom is -0.379 e. The molecule has 188 valence electrons. The van der Waals surface area contributed by atoms with Gasteiger partial charge in [-0.2, -0.15) is 0 Å². The molecule has 1 fully saturated rings. The Bertz CT molecular complexity index is 1020. The zero-order valence-corrected chi connectivity index (χ0v) is 20.2. The highest BCUT2D eigenvalue weighted by molar-refractivity contribution is 6.00. The van der Waals surface area contributed by atoms with Crippen molar-refractivity contribution in [3.05, 3.63) is 34.2 Å². The number of carbonyl (C=O) groups excluding carboxylic acids is 2. The fourth-order valence-electron chi connectivity index (χ4n) is 4.09. The minimum absolute atomic E-state index is 0.224. The smallest absolute Gasteiger partial charge is 0.329 e. The normalized spacial score (nSPS) is 16.5. The molecule has 0 radical (unpaired) electrons. The van der Waals surface area contributed by atoms with Gasteiger partial charge in [-0.25, -0.2) is 4.79 Å². The molecular weight excluding hydrogens is 442 g/mol. The van der Waals surface area contributed by atoms with Gasteiger partial charge in [0.1, 0.15) is 6.04 Å². The summed E-state index contributed by atoms with van der Waals surface area (Å²) in [4.78, 5) is 36.6. The van der Waals surface area contributed by atoms with Gasteiger partial charge in [-0.3, -0.25) is 24.0 Å². The van der Waals surface area contributed by atoms with Crippen molar-refractivity contribution in [1.29, 1.82) is 0 Å².